The molecule has 0 radical (unpaired) electrons. The van der Waals surface area contributed by atoms with E-state index in [4.69, 9.17) is 0 Å². The Labute approximate surface area is 174 Å². The minimum atomic E-state index is -4.13. The number of hydrogen-bond donors (Lipinski definition) is 1. The van der Waals surface area contributed by atoms with Gasteiger partial charge in [0.25, 0.3) is 10.1 Å². The largest absolute Gasteiger partial charge is 0.329 e. The highest BCUT2D eigenvalue weighted by Gasteiger charge is 2.32. The molecule has 6 nitrogen and oxygen atoms in total. The Bertz CT molecular complexity index is 1170. The van der Waals surface area contributed by atoms with Gasteiger partial charge in [0.15, 0.2) is 5.82 Å². The van der Waals surface area contributed by atoms with E-state index in [9.17, 15) is 13.0 Å². The van der Waals surface area contributed by atoms with Gasteiger partial charge in [-0.3, -0.25) is 4.55 Å². The minimum absolute atomic E-state index is 0.161. The first-order chi connectivity index (χ1) is 13.8. The number of rotatable bonds is 5. The number of para-hydroxylation sites is 1. The van der Waals surface area contributed by atoms with E-state index in [1.807, 2.05) is 38.1 Å². The molecule has 0 fully saturated rings. The van der Waals surface area contributed by atoms with Gasteiger partial charge in [0.2, 0.25) is 0 Å². The summed E-state index contributed by atoms with van der Waals surface area (Å²) < 4.78 is 32.5. The van der Waals surface area contributed by atoms with E-state index in [2.05, 4.69) is 33.1 Å². The molecule has 3 aromatic rings. The number of nitrogens with zero attached hydrogens (tertiary/aromatic N) is 3. The molecule has 0 bridgehead atoms. The molecule has 0 amide bonds. The molecule has 0 saturated heterocycles. The molecule has 0 spiro atoms. The Morgan fingerprint density at radius 2 is 1.83 bits per heavy atom. The van der Waals surface area contributed by atoms with Crippen molar-refractivity contribution in [3.8, 4) is 0 Å². The maximum atomic E-state index is 11.6. The van der Waals surface area contributed by atoms with Crippen LogP contribution < -0.4 is 4.90 Å². The third-order valence-electron chi connectivity index (χ3n) is 4.79. The van der Waals surface area contributed by atoms with E-state index in [-0.39, 0.29) is 12.2 Å². The van der Waals surface area contributed by atoms with Crippen LogP contribution in [0.1, 0.15) is 29.5 Å². The molecule has 1 aliphatic heterocycles. The molecule has 29 heavy (non-hydrogen) atoms. The normalized spacial score (nSPS) is 14.2. The van der Waals surface area contributed by atoms with Gasteiger partial charge >= 0.3 is 0 Å². The van der Waals surface area contributed by atoms with Crippen molar-refractivity contribution in [1.29, 1.82) is 0 Å². The first kappa shape index (κ1) is 19.9. The fraction of sp³-hybridized carbons (Fsp3) is 0.238. The fourth-order valence-corrected chi connectivity index (χ4v) is 5.07. The van der Waals surface area contributed by atoms with E-state index < -0.39 is 16.2 Å². The number of aromatic nitrogens is 2. The number of hydrogen-bond acceptors (Lipinski definition) is 6. The second-order valence-corrected chi connectivity index (χ2v) is 9.71. The quantitative estimate of drug-likeness (QED) is 0.590. The van der Waals surface area contributed by atoms with Crippen molar-refractivity contribution in [2.24, 2.45) is 0 Å². The number of benzene rings is 2. The fourth-order valence-electron chi connectivity index (χ4n) is 3.49. The van der Waals surface area contributed by atoms with Crippen molar-refractivity contribution < 1.29 is 13.0 Å². The molecule has 1 unspecified atom stereocenters. The molecular weight excluding hydrogens is 406 g/mol. The molecule has 1 aromatic heterocycles. The molecule has 4 rings (SSSR count). The second kappa shape index (κ2) is 7.78. The Morgan fingerprint density at radius 1 is 1.07 bits per heavy atom. The van der Waals surface area contributed by atoms with Gasteiger partial charge < -0.3 is 4.90 Å². The lowest BCUT2D eigenvalue weighted by Crippen LogP contribution is -2.30. The van der Waals surface area contributed by atoms with Crippen LogP contribution in [0.15, 0.2) is 64.5 Å². The van der Waals surface area contributed by atoms with E-state index in [0.29, 0.717) is 5.82 Å². The highest BCUT2D eigenvalue weighted by Crippen LogP contribution is 2.51. The average molecular weight is 428 g/mol. The number of aryl methyl sites for hydroxylation is 2. The zero-order valence-electron chi connectivity index (χ0n) is 16.1. The molecule has 2 heterocycles. The SMILES string of the molecule is Cc1ccc2c(c1)N(C(CCS(=O)(=O)O)c1nccc(C)n1)c1ccccc1S2. The molecule has 1 aliphatic rings. The van der Waals surface area contributed by atoms with Gasteiger partial charge in [-0.15, -0.1) is 0 Å². The maximum Gasteiger partial charge on any atom is 0.264 e. The predicted molar refractivity (Wildman–Crippen MR) is 114 cm³/mol. The molecule has 150 valence electrons. The maximum absolute atomic E-state index is 11.6. The lowest BCUT2D eigenvalue weighted by Gasteiger charge is -2.38. The van der Waals surface area contributed by atoms with Crippen LogP contribution in [-0.4, -0.2) is 28.7 Å². The van der Waals surface area contributed by atoms with Gasteiger partial charge in [-0.1, -0.05) is 30.0 Å². The van der Waals surface area contributed by atoms with Crippen molar-refractivity contribution in [3.05, 3.63) is 71.8 Å². The molecule has 0 aliphatic carbocycles. The summed E-state index contributed by atoms with van der Waals surface area (Å²) in [5.74, 6) is 0.157. The summed E-state index contributed by atoms with van der Waals surface area (Å²) in [6.45, 7) is 3.91. The summed E-state index contributed by atoms with van der Waals surface area (Å²) in [6.07, 6.45) is 1.84. The molecule has 0 saturated carbocycles. The van der Waals surface area contributed by atoms with Crippen LogP contribution in [0.25, 0.3) is 0 Å². The van der Waals surface area contributed by atoms with E-state index in [1.165, 1.54) is 0 Å². The molecule has 1 atom stereocenters. The third-order valence-corrected chi connectivity index (χ3v) is 6.67. The summed E-state index contributed by atoms with van der Waals surface area (Å²) >= 11 is 1.68. The van der Waals surface area contributed by atoms with Crippen molar-refractivity contribution >= 4 is 33.3 Å². The van der Waals surface area contributed by atoms with E-state index in [0.717, 1.165) is 32.4 Å². The van der Waals surface area contributed by atoms with Crippen molar-refractivity contribution in [2.45, 2.75) is 36.1 Å². The number of fused-ring (bicyclic) bond motifs is 2. The van der Waals surface area contributed by atoms with Crippen molar-refractivity contribution in [1.82, 2.24) is 9.97 Å². The summed E-state index contributed by atoms with van der Waals surface area (Å²) in [5, 5.41) is 0. The summed E-state index contributed by atoms with van der Waals surface area (Å²) in [7, 11) is -4.13. The summed E-state index contributed by atoms with van der Waals surface area (Å²) in [6, 6.07) is 15.6. The van der Waals surface area contributed by atoms with Crippen LogP contribution in [-0.2, 0) is 10.1 Å². The summed E-state index contributed by atoms with van der Waals surface area (Å²) in [4.78, 5) is 13.3. The van der Waals surface area contributed by atoms with E-state index >= 15 is 0 Å². The Morgan fingerprint density at radius 3 is 2.59 bits per heavy atom. The monoisotopic (exact) mass is 427 g/mol. The lowest BCUT2D eigenvalue weighted by atomic mass is 10.1. The summed E-state index contributed by atoms with van der Waals surface area (Å²) in [5.41, 5.74) is 3.86. The third kappa shape index (κ3) is 4.29. The molecule has 8 heteroatoms. The molecule has 2 aromatic carbocycles. The Balaban J connectivity index is 1.90. The van der Waals surface area contributed by atoms with Crippen LogP contribution in [0.2, 0.25) is 0 Å². The van der Waals surface area contributed by atoms with Crippen LogP contribution in [0.4, 0.5) is 11.4 Å². The van der Waals surface area contributed by atoms with Gasteiger partial charge in [-0.25, -0.2) is 9.97 Å². The van der Waals surface area contributed by atoms with Crippen LogP contribution in [0.3, 0.4) is 0 Å². The Kier molecular flexibility index (Phi) is 5.33. The first-order valence-electron chi connectivity index (χ1n) is 9.23. The average Bonchev–Trinajstić information content (AvgIpc) is 2.67. The lowest BCUT2D eigenvalue weighted by molar-refractivity contribution is 0.475. The van der Waals surface area contributed by atoms with Crippen molar-refractivity contribution in [3.63, 3.8) is 0 Å². The van der Waals surface area contributed by atoms with Gasteiger partial charge in [0.05, 0.1) is 23.2 Å². The zero-order chi connectivity index (χ0) is 20.6. The first-order valence-corrected chi connectivity index (χ1v) is 11.7. The van der Waals surface area contributed by atoms with Gasteiger partial charge in [-0.2, -0.15) is 8.42 Å². The predicted octanol–water partition coefficient (Wildman–Crippen LogP) is 4.72. The highest BCUT2D eigenvalue weighted by molar-refractivity contribution is 7.99. The zero-order valence-corrected chi connectivity index (χ0v) is 17.7. The Hall–Kier alpha value is -2.42. The van der Waals surface area contributed by atoms with Crippen LogP contribution in [0.5, 0.6) is 0 Å². The molecule has 1 N–H and O–H groups in total. The van der Waals surface area contributed by atoms with Gasteiger partial charge in [-0.05, 0) is 56.2 Å². The van der Waals surface area contributed by atoms with Crippen LogP contribution in [0, 0.1) is 13.8 Å². The van der Waals surface area contributed by atoms with Gasteiger partial charge in [0, 0.05) is 21.7 Å². The van der Waals surface area contributed by atoms with Crippen molar-refractivity contribution in [2.75, 3.05) is 10.7 Å². The van der Waals surface area contributed by atoms with Crippen LogP contribution >= 0.6 is 11.8 Å². The smallest absolute Gasteiger partial charge is 0.264 e. The standard InChI is InChI=1S/C21H21N3O3S2/c1-14-7-8-20-18(13-14)24(16-5-3-4-6-19(16)28-20)17(10-12-29(25,26)27)21-22-11-9-15(2)23-21/h3-9,11,13,17H,10,12H2,1-2H3,(H,25,26,27). The minimum Gasteiger partial charge on any atom is -0.329 e. The number of anilines is 2. The van der Waals surface area contributed by atoms with E-state index in [1.54, 1.807) is 24.0 Å². The topological polar surface area (TPSA) is 83.4 Å². The second-order valence-electron chi connectivity index (χ2n) is 7.06. The highest BCUT2D eigenvalue weighted by atomic mass is 32.2. The van der Waals surface area contributed by atoms with Gasteiger partial charge in [0.1, 0.15) is 0 Å². The molecular formula is C21H21N3O3S2.